The van der Waals surface area contributed by atoms with E-state index in [-0.39, 0.29) is 18.5 Å². The van der Waals surface area contributed by atoms with Crippen LogP contribution < -0.4 is 15.0 Å². The zero-order valence-corrected chi connectivity index (χ0v) is 22.1. The summed E-state index contributed by atoms with van der Waals surface area (Å²) in [6.45, 7) is 3.21. The average Bonchev–Trinajstić information content (AvgIpc) is 3.36. The number of halogens is 1. The van der Waals surface area contributed by atoms with Crippen molar-refractivity contribution in [2.75, 3.05) is 13.7 Å². The zero-order chi connectivity index (χ0) is 27.5. The molecule has 0 fully saturated rings. The number of ether oxygens (including phenoxy) is 3. The summed E-state index contributed by atoms with van der Waals surface area (Å²) in [4.78, 5) is 30.3. The van der Waals surface area contributed by atoms with Gasteiger partial charge in [-0.05, 0) is 62.4 Å². The molecule has 0 saturated heterocycles. The summed E-state index contributed by atoms with van der Waals surface area (Å²) in [5, 5.41) is 5.99. The maximum atomic E-state index is 13.6. The third-order valence-corrected chi connectivity index (χ3v) is 5.95. The fourth-order valence-corrected chi connectivity index (χ4v) is 4.20. The van der Waals surface area contributed by atoms with Crippen LogP contribution >= 0.6 is 11.6 Å². The number of aromatic nitrogens is 2. The Morgan fingerprint density at radius 2 is 1.90 bits per heavy atom. The molecule has 3 aromatic carbocycles. The second-order valence-electron chi connectivity index (χ2n) is 8.81. The van der Waals surface area contributed by atoms with Gasteiger partial charge >= 0.3 is 5.97 Å². The Labute approximate surface area is 228 Å². The molecule has 0 aliphatic heterocycles. The van der Waals surface area contributed by atoms with Crippen LogP contribution in [0.25, 0.3) is 33.5 Å². The molecule has 10 heteroatoms. The van der Waals surface area contributed by atoms with Gasteiger partial charge in [-0.25, -0.2) is 9.78 Å². The van der Waals surface area contributed by atoms with Gasteiger partial charge in [0.25, 0.3) is 5.56 Å². The normalized spacial score (nSPS) is 11.5. The van der Waals surface area contributed by atoms with Crippen molar-refractivity contribution in [3.05, 3.63) is 87.7 Å². The molecule has 2 heterocycles. The van der Waals surface area contributed by atoms with E-state index >= 15 is 0 Å². The molecular formula is C29H24ClN3O6. The van der Waals surface area contributed by atoms with Gasteiger partial charge in [-0.2, -0.15) is 9.78 Å². The highest BCUT2D eigenvalue weighted by Crippen LogP contribution is 2.33. The monoisotopic (exact) mass is 545 g/mol. The maximum absolute atomic E-state index is 13.6. The largest absolute Gasteiger partial charge is 0.496 e. The molecule has 0 amide bonds. The molecule has 9 nitrogen and oxygen atoms in total. The highest BCUT2D eigenvalue weighted by Gasteiger charge is 2.18. The number of methoxy groups -OCH3 is 1. The third-order valence-electron chi connectivity index (χ3n) is 5.71. The Hall–Kier alpha value is -4.63. The second-order valence-corrected chi connectivity index (χ2v) is 9.24. The summed E-state index contributed by atoms with van der Waals surface area (Å²) in [5.41, 5.74) is 1.11. The van der Waals surface area contributed by atoms with E-state index in [9.17, 15) is 9.59 Å². The number of para-hydroxylation sites is 1. The van der Waals surface area contributed by atoms with Crippen molar-refractivity contribution < 1.29 is 23.4 Å². The number of benzene rings is 3. The van der Waals surface area contributed by atoms with Gasteiger partial charge in [0.1, 0.15) is 17.1 Å². The number of furan rings is 1. The van der Waals surface area contributed by atoms with E-state index in [0.29, 0.717) is 44.3 Å². The molecule has 0 saturated carbocycles. The number of fused-ring (bicyclic) bond motifs is 2. The van der Waals surface area contributed by atoms with Crippen LogP contribution in [0.3, 0.4) is 0 Å². The van der Waals surface area contributed by atoms with E-state index < -0.39 is 11.5 Å². The van der Waals surface area contributed by atoms with Gasteiger partial charge in [-0.1, -0.05) is 29.8 Å². The molecule has 0 atom stereocenters. The van der Waals surface area contributed by atoms with Crippen molar-refractivity contribution in [3.63, 3.8) is 0 Å². The van der Waals surface area contributed by atoms with Crippen LogP contribution in [0.2, 0.25) is 5.02 Å². The predicted octanol–water partition coefficient (Wildman–Crippen LogP) is 5.68. The quantitative estimate of drug-likeness (QED) is 0.182. The van der Waals surface area contributed by atoms with Crippen molar-refractivity contribution in [2.45, 2.75) is 20.0 Å². The topological polar surface area (TPSA) is 105 Å². The minimum Gasteiger partial charge on any atom is -0.496 e. The summed E-state index contributed by atoms with van der Waals surface area (Å²) < 4.78 is 23.5. The van der Waals surface area contributed by atoms with Gasteiger partial charge in [0.15, 0.2) is 12.4 Å². The van der Waals surface area contributed by atoms with E-state index in [0.717, 1.165) is 10.1 Å². The fourth-order valence-electron chi connectivity index (χ4n) is 4.02. The molecule has 5 aromatic rings. The number of hydrogen-bond donors (Lipinski definition) is 0. The number of rotatable bonds is 8. The Kier molecular flexibility index (Phi) is 7.33. The molecule has 0 aliphatic rings. The van der Waals surface area contributed by atoms with Gasteiger partial charge in [0.2, 0.25) is 5.82 Å². The molecule has 2 aromatic heterocycles. The molecule has 0 bridgehead atoms. The first-order valence-electron chi connectivity index (χ1n) is 12.1. The van der Waals surface area contributed by atoms with Gasteiger partial charge in [0.05, 0.1) is 35.7 Å². The summed E-state index contributed by atoms with van der Waals surface area (Å²) in [6, 6.07) is 19.0. The molecule has 39 heavy (non-hydrogen) atoms. The van der Waals surface area contributed by atoms with Crippen LogP contribution in [0, 0.1) is 0 Å². The Balaban J connectivity index is 1.61. The minimum absolute atomic E-state index is 0.193. The van der Waals surface area contributed by atoms with Gasteiger partial charge in [0, 0.05) is 10.6 Å². The molecule has 0 spiro atoms. The highest BCUT2D eigenvalue weighted by atomic mass is 35.5. The summed E-state index contributed by atoms with van der Waals surface area (Å²) in [5.74, 6) is 0.963. The van der Waals surface area contributed by atoms with Crippen LogP contribution in [0.5, 0.6) is 11.5 Å². The van der Waals surface area contributed by atoms with Gasteiger partial charge in [-0.15, -0.1) is 0 Å². The van der Waals surface area contributed by atoms with Gasteiger partial charge < -0.3 is 18.6 Å². The van der Waals surface area contributed by atoms with E-state index in [1.54, 1.807) is 75.6 Å². The molecule has 0 N–H and O–H groups in total. The number of esters is 1. The van der Waals surface area contributed by atoms with Crippen molar-refractivity contribution in [3.8, 4) is 23.1 Å². The summed E-state index contributed by atoms with van der Waals surface area (Å²) in [6.07, 6.45) is 1.15. The Bertz CT molecular complexity index is 1770. The number of nitrogens with zero attached hydrogens (tertiary/aromatic N) is 3. The van der Waals surface area contributed by atoms with Crippen molar-refractivity contribution in [1.29, 1.82) is 0 Å². The second kappa shape index (κ2) is 11.0. The van der Waals surface area contributed by atoms with Crippen molar-refractivity contribution in [2.24, 2.45) is 5.10 Å². The Morgan fingerprint density at radius 3 is 2.69 bits per heavy atom. The lowest BCUT2D eigenvalue weighted by molar-refractivity contribution is -0.149. The first-order valence-corrected chi connectivity index (χ1v) is 12.5. The lowest BCUT2D eigenvalue weighted by Gasteiger charge is -2.11. The lowest BCUT2D eigenvalue weighted by atomic mass is 10.2. The van der Waals surface area contributed by atoms with Crippen LogP contribution in [0.1, 0.15) is 19.4 Å². The molecule has 198 valence electrons. The van der Waals surface area contributed by atoms with E-state index in [1.807, 2.05) is 12.1 Å². The first kappa shape index (κ1) is 26.0. The highest BCUT2D eigenvalue weighted by molar-refractivity contribution is 6.30. The predicted molar refractivity (Wildman–Crippen MR) is 149 cm³/mol. The number of carbonyl (C=O) groups excluding carboxylic acids is 1. The van der Waals surface area contributed by atoms with Crippen LogP contribution in [-0.4, -0.2) is 41.7 Å². The van der Waals surface area contributed by atoms with Crippen LogP contribution in [0.15, 0.2) is 81.0 Å². The van der Waals surface area contributed by atoms with E-state index in [4.69, 9.17) is 35.2 Å². The maximum Gasteiger partial charge on any atom is 0.344 e. The lowest BCUT2D eigenvalue weighted by Crippen LogP contribution is -2.20. The first-order chi connectivity index (χ1) is 18.8. The standard InChI is InChI=1S/C29H24ClN3O6/c1-17(2)38-27(34)16-37-23-12-11-19(30)13-18(23)15-31-33-28(32-22-8-5-4-7-20(22)29(33)35)26-14-21-24(36-3)9-6-10-25(21)39-26/h4-15,17H,16H2,1-3H3. The average molecular weight is 546 g/mol. The van der Waals surface area contributed by atoms with Crippen molar-refractivity contribution >= 4 is 45.7 Å². The smallest absolute Gasteiger partial charge is 0.344 e. The SMILES string of the molecule is COc1cccc2oc(-c3nc4ccccc4c(=O)n3N=Cc3cc(Cl)ccc3OCC(=O)OC(C)C)cc12. The molecule has 0 radical (unpaired) electrons. The number of hydrogen-bond acceptors (Lipinski definition) is 8. The summed E-state index contributed by atoms with van der Waals surface area (Å²) in [7, 11) is 1.57. The van der Waals surface area contributed by atoms with E-state index in [1.165, 1.54) is 6.21 Å². The number of carbonyl (C=O) groups is 1. The fraction of sp³-hybridized carbons (Fsp3) is 0.172. The molecule has 0 aliphatic carbocycles. The Morgan fingerprint density at radius 1 is 1.08 bits per heavy atom. The van der Waals surface area contributed by atoms with Crippen LogP contribution in [-0.2, 0) is 9.53 Å². The third kappa shape index (κ3) is 5.49. The summed E-state index contributed by atoms with van der Waals surface area (Å²) >= 11 is 6.22. The van der Waals surface area contributed by atoms with E-state index in [2.05, 4.69) is 5.10 Å². The zero-order valence-electron chi connectivity index (χ0n) is 21.4. The van der Waals surface area contributed by atoms with Crippen LogP contribution in [0.4, 0.5) is 0 Å². The molecule has 5 rings (SSSR count). The molecular weight excluding hydrogens is 522 g/mol. The van der Waals surface area contributed by atoms with Gasteiger partial charge in [-0.3, -0.25) is 4.79 Å². The minimum atomic E-state index is -0.514. The van der Waals surface area contributed by atoms with Crippen molar-refractivity contribution in [1.82, 2.24) is 9.66 Å². The molecule has 0 unspecified atom stereocenters.